The molecule has 0 spiro atoms. The van der Waals surface area contributed by atoms with Crippen LogP contribution >= 0.6 is 11.6 Å². The fourth-order valence-corrected chi connectivity index (χ4v) is 2.73. The van der Waals surface area contributed by atoms with Crippen LogP contribution < -0.4 is 16.2 Å². The number of hydrazine groups is 1. The number of halogens is 1. The van der Waals surface area contributed by atoms with Gasteiger partial charge in [-0.25, -0.2) is 0 Å². The molecule has 1 unspecified atom stereocenters. The quantitative estimate of drug-likeness (QED) is 0.592. The molecule has 0 aromatic heterocycles. The number of benzene rings is 2. The third kappa shape index (κ3) is 8.22. The standard InChI is InChI=1S/C21H24ClN3O3/c1-15(13-20(27)23-18-10-8-17(22)9-11-18)14-21(28)25-24-19(26)12-7-16-5-3-2-4-6-16/h2-6,8-11,15H,7,12-14H2,1H3,(H,23,27)(H,24,26)(H,25,28). The summed E-state index contributed by atoms with van der Waals surface area (Å²) in [6.07, 6.45) is 1.21. The third-order valence-electron chi connectivity index (χ3n) is 4.02. The van der Waals surface area contributed by atoms with Crippen LogP contribution in [0.3, 0.4) is 0 Å². The van der Waals surface area contributed by atoms with Crippen molar-refractivity contribution in [2.24, 2.45) is 5.92 Å². The van der Waals surface area contributed by atoms with E-state index in [9.17, 15) is 14.4 Å². The summed E-state index contributed by atoms with van der Waals surface area (Å²) in [6, 6.07) is 16.4. The number of anilines is 1. The summed E-state index contributed by atoms with van der Waals surface area (Å²) in [5, 5.41) is 3.35. The summed E-state index contributed by atoms with van der Waals surface area (Å²) in [4.78, 5) is 35.8. The Balaban J connectivity index is 1.63. The highest BCUT2D eigenvalue weighted by molar-refractivity contribution is 6.30. The molecule has 1 atom stereocenters. The van der Waals surface area contributed by atoms with Gasteiger partial charge in [-0.2, -0.15) is 0 Å². The van der Waals surface area contributed by atoms with Gasteiger partial charge in [-0.3, -0.25) is 25.2 Å². The fourth-order valence-electron chi connectivity index (χ4n) is 2.61. The second kappa shape index (κ2) is 11.1. The lowest BCUT2D eigenvalue weighted by Crippen LogP contribution is -2.42. The van der Waals surface area contributed by atoms with Crippen molar-refractivity contribution >= 4 is 35.0 Å². The molecule has 0 fully saturated rings. The van der Waals surface area contributed by atoms with Crippen molar-refractivity contribution in [2.75, 3.05) is 5.32 Å². The molecule has 0 aliphatic carbocycles. The molecule has 0 radical (unpaired) electrons. The second-order valence-corrected chi connectivity index (χ2v) is 7.09. The molecule has 2 aromatic rings. The molecule has 3 N–H and O–H groups in total. The Kier molecular flexibility index (Phi) is 8.49. The van der Waals surface area contributed by atoms with Gasteiger partial charge in [0.15, 0.2) is 0 Å². The van der Waals surface area contributed by atoms with Crippen molar-refractivity contribution < 1.29 is 14.4 Å². The highest BCUT2D eigenvalue weighted by Gasteiger charge is 2.14. The molecule has 28 heavy (non-hydrogen) atoms. The van der Waals surface area contributed by atoms with E-state index < -0.39 is 0 Å². The van der Waals surface area contributed by atoms with Gasteiger partial charge < -0.3 is 5.32 Å². The van der Waals surface area contributed by atoms with Crippen LogP contribution in [0.4, 0.5) is 5.69 Å². The van der Waals surface area contributed by atoms with Crippen LogP contribution in [0, 0.1) is 5.92 Å². The Morgan fingerprint density at radius 1 is 0.857 bits per heavy atom. The van der Waals surface area contributed by atoms with Gasteiger partial charge in [-0.15, -0.1) is 0 Å². The minimum Gasteiger partial charge on any atom is -0.326 e. The first-order valence-corrected chi connectivity index (χ1v) is 9.47. The first kappa shape index (κ1) is 21.4. The zero-order valence-electron chi connectivity index (χ0n) is 15.7. The number of carbonyl (C=O) groups excluding carboxylic acids is 3. The Labute approximate surface area is 169 Å². The van der Waals surface area contributed by atoms with Gasteiger partial charge in [-0.05, 0) is 42.2 Å². The number of aryl methyl sites for hydroxylation is 1. The maximum atomic E-state index is 12.0. The van der Waals surface area contributed by atoms with E-state index in [1.54, 1.807) is 31.2 Å². The van der Waals surface area contributed by atoms with E-state index in [0.29, 0.717) is 17.1 Å². The minimum absolute atomic E-state index is 0.132. The smallest absolute Gasteiger partial charge is 0.238 e. The number of carbonyl (C=O) groups is 3. The van der Waals surface area contributed by atoms with Gasteiger partial charge in [0.05, 0.1) is 0 Å². The van der Waals surface area contributed by atoms with Crippen molar-refractivity contribution in [1.29, 1.82) is 0 Å². The van der Waals surface area contributed by atoms with Crippen LogP contribution in [-0.2, 0) is 20.8 Å². The number of hydrogen-bond acceptors (Lipinski definition) is 3. The van der Waals surface area contributed by atoms with Crippen LogP contribution in [0.5, 0.6) is 0 Å². The van der Waals surface area contributed by atoms with Crippen molar-refractivity contribution in [2.45, 2.75) is 32.6 Å². The molecule has 3 amide bonds. The predicted molar refractivity (Wildman–Crippen MR) is 110 cm³/mol. The van der Waals surface area contributed by atoms with E-state index in [-0.39, 0.29) is 42.9 Å². The van der Waals surface area contributed by atoms with Gasteiger partial charge in [0, 0.05) is 30.0 Å². The monoisotopic (exact) mass is 401 g/mol. The summed E-state index contributed by atoms with van der Waals surface area (Å²) in [5.74, 6) is -0.951. The number of hydrogen-bond donors (Lipinski definition) is 3. The van der Waals surface area contributed by atoms with E-state index in [1.165, 1.54) is 0 Å². The van der Waals surface area contributed by atoms with E-state index in [0.717, 1.165) is 5.56 Å². The Hall–Kier alpha value is -2.86. The van der Waals surface area contributed by atoms with E-state index in [2.05, 4.69) is 16.2 Å². The lowest BCUT2D eigenvalue weighted by molar-refractivity contribution is -0.129. The normalized spacial score (nSPS) is 11.4. The molecule has 0 bridgehead atoms. The molecular formula is C21H24ClN3O3. The largest absolute Gasteiger partial charge is 0.326 e. The summed E-state index contributed by atoms with van der Waals surface area (Å²) in [5.41, 5.74) is 6.51. The average molecular weight is 402 g/mol. The first-order valence-electron chi connectivity index (χ1n) is 9.09. The summed E-state index contributed by atoms with van der Waals surface area (Å²) >= 11 is 5.81. The van der Waals surface area contributed by atoms with Gasteiger partial charge in [-0.1, -0.05) is 48.9 Å². The van der Waals surface area contributed by atoms with E-state index >= 15 is 0 Å². The highest BCUT2D eigenvalue weighted by atomic mass is 35.5. The Morgan fingerprint density at radius 3 is 2.14 bits per heavy atom. The van der Waals surface area contributed by atoms with Crippen LogP contribution in [0.15, 0.2) is 54.6 Å². The molecule has 2 rings (SSSR count). The summed E-state index contributed by atoms with van der Waals surface area (Å²) in [7, 11) is 0. The van der Waals surface area contributed by atoms with Gasteiger partial charge in [0.1, 0.15) is 0 Å². The Bertz CT molecular complexity index is 794. The molecule has 6 nitrogen and oxygen atoms in total. The van der Waals surface area contributed by atoms with Crippen molar-refractivity contribution in [3.8, 4) is 0 Å². The number of amides is 3. The van der Waals surface area contributed by atoms with Crippen LogP contribution in [0.25, 0.3) is 0 Å². The van der Waals surface area contributed by atoms with Crippen LogP contribution in [0.1, 0.15) is 31.7 Å². The molecule has 0 aliphatic rings. The zero-order chi connectivity index (χ0) is 20.4. The maximum Gasteiger partial charge on any atom is 0.238 e. The number of rotatable bonds is 8. The molecule has 2 aromatic carbocycles. The van der Waals surface area contributed by atoms with Crippen molar-refractivity contribution in [3.63, 3.8) is 0 Å². The maximum absolute atomic E-state index is 12.0. The van der Waals surface area contributed by atoms with Crippen LogP contribution in [-0.4, -0.2) is 17.7 Å². The van der Waals surface area contributed by atoms with E-state index in [1.807, 2.05) is 30.3 Å². The molecular weight excluding hydrogens is 378 g/mol. The zero-order valence-corrected chi connectivity index (χ0v) is 16.5. The minimum atomic E-state index is -0.333. The van der Waals surface area contributed by atoms with Gasteiger partial charge >= 0.3 is 0 Å². The second-order valence-electron chi connectivity index (χ2n) is 6.65. The van der Waals surface area contributed by atoms with Crippen molar-refractivity contribution in [3.05, 3.63) is 65.2 Å². The molecule has 0 heterocycles. The summed E-state index contributed by atoms with van der Waals surface area (Å²) in [6.45, 7) is 1.80. The van der Waals surface area contributed by atoms with Crippen molar-refractivity contribution in [1.82, 2.24) is 10.9 Å². The van der Waals surface area contributed by atoms with Gasteiger partial charge in [0.2, 0.25) is 17.7 Å². The molecule has 7 heteroatoms. The van der Waals surface area contributed by atoms with Crippen LogP contribution in [0.2, 0.25) is 5.02 Å². The number of nitrogens with one attached hydrogen (secondary N) is 3. The molecule has 0 saturated carbocycles. The predicted octanol–water partition coefficient (Wildman–Crippen LogP) is 3.48. The molecule has 0 aliphatic heterocycles. The first-order chi connectivity index (χ1) is 13.4. The average Bonchev–Trinajstić information content (AvgIpc) is 2.67. The third-order valence-corrected chi connectivity index (χ3v) is 4.27. The topological polar surface area (TPSA) is 87.3 Å². The Morgan fingerprint density at radius 2 is 1.46 bits per heavy atom. The SMILES string of the molecule is CC(CC(=O)NNC(=O)CCc1ccccc1)CC(=O)Nc1ccc(Cl)cc1. The lowest BCUT2D eigenvalue weighted by Gasteiger charge is -2.12. The van der Waals surface area contributed by atoms with E-state index in [4.69, 9.17) is 11.6 Å². The highest BCUT2D eigenvalue weighted by Crippen LogP contribution is 2.15. The molecule has 148 valence electrons. The molecule has 0 saturated heterocycles. The lowest BCUT2D eigenvalue weighted by atomic mass is 10.0. The van der Waals surface area contributed by atoms with Gasteiger partial charge in [0.25, 0.3) is 0 Å². The summed E-state index contributed by atoms with van der Waals surface area (Å²) < 4.78 is 0. The fraction of sp³-hybridized carbons (Fsp3) is 0.286.